The smallest absolute Gasteiger partial charge is 0.314 e. The van der Waals surface area contributed by atoms with E-state index in [1.165, 1.54) is 5.56 Å². The molecule has 1 aromatic heterocycles. The molecule has 2 rings (SSSR count). The summed E-state index contributed by atoms with van der Waals surface area (Å²) >= 11 is 0. The number of fused-ring (bicyclic) bond motifs is 1. The molecule has 2 aromatic rings. The molecule has 114 valence electrons. The highest BCUT2D eigenvalue weighted by Gasteiger charge is 2.06. The minimum absolute atomic E-state index is 0.116. The molecule has 0 unspecified atom stereocenters. The molecule has 5 nitrogen and oxygen atoms in total. The number of carbonyl (C=O) groups excluding carboxylic acids is 1. The lowest BCUT2D eigenvalue weighted by molar-refractivity contribution is 0.238. The van der Waals surface area contributed by atoms with Crippen LogP contribution in [0.5, 0.6) is 0 Å². The summed E-state index contributed by atoms with van der Waals surface area (Å²) in [6.07, 6.45) is 2.68. The largest absolute Gasteiger partial charge is 0.338 e. The van der Waals surface area contributed by atoms with Gasteiger partial charge in [0.05, 0.1) is 17.4 Å². The number of amides is 2. The Morgan fingerprint density at radius 1 is 1.29 bits per heavy atom. The molecule has 0 saturated carbocycles. The van der Waals surface area contributed by atoms with Gasteiger partial charge in [0.25, 0.3) is 0 Å². The van der Waals surface area contributed by atoms with Gasteiger partial charge in [0.1, 0.15) is 0 Å². The zero-order valence-electron chi connectivity index (χ0n) is 13.2. The normalized spacial score (nSPS) is 11.3. The average Bonchev–Trinajstić information content (AvgIpc) is 2.80. The second kappa shape index (κ2) is 6.61. The van der Waals surface area contributed by atoms with E-state index in [1.807, 2.05) is 20.2 Å². The van der Waals surface area contributed by atoms with Crippen molar-refractivity contribution in [1.29, 1.82) is 0 Å². The molecule has 1 aromatic carbocycles. The predicted octanol–water partition coefficient (Wildman–Crippen LogP) is 2.87. The highest BCUT2D eigenvalue weighted by atomic mass is 16.2. The molecule has 1 heterocycles. The van der Waals surface area contributed by atoms with Gasteiger partial charge in [-0.15, -0.1) is 0 Å². The van der Waals surface area contributed by atoms with Crippen molar-refractivity contribution in [2.75, 3.05) is 6.54 Å². The first-order chi connectivity index (χ1) is 9.97. The molecule has 5 heteroatoms. The molecule has 0 atom stereocenters. The quantitative estimate of drug-likeness (QED) is 0.888. The van der Waals surface area contributed by atoms with Gasteiger partial charge in [0, 0.05) is 18.6 Å². The zero-order valence-corrected chi connectivity index (χ0v) is 13.2. The van der Waals surface area contributed by atoms with E-state index in [1.54, 1.807) is 0 Å². The molecule has 0 bridgehead atoms. The number of hydrogen-bond donors (Lipinski definition) is 2. The Bertz CT molecular complexity index is 616. The lowest BCUT2D eigenvalue weighted by Crippen LogP contribution is -2.40. The summed E-state index contributed by atoms with van der Waals surface area (Å²) in [7, 11) is 0. The third kappa shape index (κ3) is 3.97. The fourth-order valence-corrected chi connectivity index (χ4v) is 2.28. The van der Waals surface area contributed by atoms with Gasteiger partial charge >= 0.3 is 6.03 Å². The maximum absolute atomic E-state index is 11.5. The first kappa shape index (κ1) is 15.4. The number of imidazole rings is 1. The molecule has 0 saturated heterocycles. The summed E-state index contributed by atoms with van der Waals surface area (Å²) in [6.45, 7) is 8.80. The number of rotatable bonds is 5. The van der Waals surface area contributed by atoms with Crippen molar-refractivity contribution in [2.45, 2.75) is 46.2 Å². The monoisotopic (exact) mass is 288 g/mol. The first-order valence-electron chi connectivity index (χ1n) is 7.47. The Labute approximate surface area is 125 Å². The highest BCUT2D eigenvalue weighted by Crippen LogP contribution is 2.18. The fraction of sp³-hybridized carbons (Fsp3) is 0.500. The van der Waals surface area contributed by atoms with Gasteiger partial charge in [-0.3, -0.25) is 0 Å². The molecule has 21 heavy (non-hydrogen) atoms. The Morgan fingerprint density at radius 2 is 2.05 bits per heavy atom. The third-order valence-electron chi connectivity index (χ3n) is 3.31. The Morgan fingerprint density at radius 3 is 2.71 bits per heavy atom. The molecule has 0 spiro atoms. The molecule has 0 fully saturated rings. The van der Waals surface area contributed by atoms with E-state index in [0.717, 1.165) is 17.5 Å². The van der Waals surface area contributed by atoms with E-state index < -0.39 is 0 Å². The van der Waals surface area contributed by atoms with E-state index in [4.69, 9.17) is 0 Å². The Hall–Kier alpha value is -2.04. The number of nitrogens with zero attached hydrogens (tertiary/aromatic N) is 2. The second-order valence-corrected chi connectivity index (χ2v) is 5.87. The second-order valence-electron chi connectivity index (χ2n) is 5.87. The van der Waals surface area contributed by atoms with Crippen molar-refractivity contribution < 1.29 is 4.79 Å². The van der Waals surface area contributed by atoms with Crippen LogP contribution in [0.3, 0.4) is 0 Å². The van der Waals surface area contributed by atoms with Gasteiger partial charge in [0.15, 0.2) is 0 Å². The van der Waals surface area contributed by atoms with Crippen LogP contribution in [0.25, 0.3) is 11.0 Å². The van der Waals surface area contributed by atoms with Gasteiger partial charge in [-0.25, -0.2) is 9.78 Å². The number of urea groups is 1. The number of benzene rings is 1. The number of aromatic nitrogens is 2. The van der Waals surface area contributed by atoms with Gasteiger partial charge in [-0.05, 0) is 51.8 Å². The lowest BCUT2D eigenvalue weighted by Gasteiger charge is -2.10. The van der Waals surface area contributed by atoms with Gasteiger partial charge in [-0.2, -0.15) is 0 Å². The van der Waals surface area contributed by atoms with Crippen LogP contribution in [0, 0.1) is 0 Å². The summed E-state index contributed by atoms with van der Waals surface area (Å²) < 4.78 is 2.16. The molecule has 0 aliphatic carbocycles. The molecule has 2 amide bonds. The van der Waals surface area contributed by atoms with Gasteiger partial charge < -0.3 is 15.2 Å². The van der Waals surface area contributed by atoms with Crippen LogP contribution in [0.15, 0.2) is 24.5 Å². The number of carbonyl (C=O) groups is 1. The summed E-state index contributed by atoms with van der Waals surface area (Å²) in [6, 6.07) is 6.74. The lowest BCUT2D eigenvalue weighted by atomic mass is 10.1. The van der Waals surface area contributed by atoms with Crippen LogP contribution in [0.2, 0.25) is 0 Å². The van der Waals surface area contributed by atoms with Crippen LogP contribution < -0.4 is 10.6 Å². The molecule has 0 aliphatic heterocycles. The fourth-order valence-electron chi connectivity index (χ4n) is 2.28. The summed E-state index contributed by atoms with van der Waals surface area (Å²) in [5, 5.41) is 5.67. The molecular weight excluding hydrogens is 264 g/mol. The van der Waals surface area contributed by atoms with Crippen molar-refractivity contribution >= 4 is 17.1 Å². The van der Waals surface area contributed by atoms with Crippen LogP contribution in [0.1, 0.15) is 39.3 Å². The van der Waals surface area contributed by atoms with Crippen LogP contribution in [0.4, 0.5) is 4.79 Å². The Kier molecular flexibility index (Phi) is 4.83. The molecular formula is C16H24N4O. The maximum atomic E-state index is 11.5. The molecule has 0 radical (unpaired) electrons. The number of hydrogen-bond acceptors (Lipinski definition) is 2. The maximum Gasteiger partial charge on any atom is 0.314 e. The van der Waals surface area contributed by atoms with Crippen LogP contribution in [-0.4, -0.2) is 28.2 Å². The van der Waals surface area contributed by atoms with Crippen molar-refractivity contribution in [3.05, 3.63) is 30.1 Å². The molecule has 0 aliphatic rings. The highest BCUT2D eigenvalue weighted by molar-refractivity contribution is 5.76. The summed E-state index contributed by atoms with van der Waals surface area (Å²) in [5.41, 5.74) is 3.34. The molecule has 2 N–H and O–H groups in total. The van der Waals surface area contributed by atoms with Crippen LogP contribution in [-0.2, 0) is 6.42 Å². The first-order valence-corrected chi connectivity index (χ1v) is 7.47. The standard InChI is InChI=1S/C16H24N4O/c1-11(2)19-16(21)17-8-7-13-5-6-15-14(9-13)18-10-20(15)12(3)4/h5-6,9-12H,7-8H2,1-4H3,(H2,17,19,21). The van der Waals surface area contributed by atoms with E-state index in [0.29, 0.717) is 12.6 Å². The minimum atomic E-state index is -0.116. The van der Waals surface area contributed by atoms with Crippen molar-refractivity contribution in [3.8, 4) is 0 Å². The predicted molar refractivity (Wildman–Crippen MR) is 85.5 cm³/mol. The van der Waals surface area contributed by atoms with Crippen molar-refractivity contribution in [2.24, 2.45) is 0 Å². The third-order valence-corrected chi connectivity index (χ3v) is 3.31. The average molecular weight is 288 g/mol. The van der Waals surface area contributed by atoms with E-state index in [2.05, 4.69) is 52.2 Å². The van der Waals surface area contributed by atoms with E-state index >= 15 is 0 Å². The van der Waals surface area contributed by atoms with Crippen molar-refractivity contribution in [1.82, 2.24) is 20.2 Å². The van der Waals surface area contributed by atoms with Gasteiger partial charge in [0.2, 0.25) is 0 Å². The van der Waals surface area contributed by atoms with Crippen molar-refractivity contribution in [3.63, 3.8) is 0 Å². The Balaban J connectivity index is 1.96. The SMILES string of the molecule is CC(C)NC(=O)NCCc1ccc2c(c1)ncn2C(C)C. The summed E-state index contributed by atoms with van der Waals surface area (Å²) in [5.74, 6) is 0. The van der Waals surface area contributed by atoms with E-state index in [9.17, 15) is 4.79 Å². The zero-order chi connectivity index (χ0) is 15.4. The number of nitrogens with one attached hydrogen (secondary N) is 2. The van der Waals surface area contributed by atoms with E-state index in [-0.39, 0.29) is 12.1 Å². The van der Waals surface area contributed by atoms with Gasteiger partial charge in [-0.1, -0.05) is 6.07 Å². The summed E-state index contributed by atoms with van der Waals surface area (Å²) in [4.78, 5) is 15.9. The van der Waals surface area contributed by atoms with Crippen LogP contribution >= 0.6 is 0 Å². The topological polar surface area (TPSA) is 59.0 Å². The minimum Gasteiger partial charge on any atom is -0.338 e.